The highest BCUT2D eigenvalue weighted by Crippen LogP contribution is 2.44. The summed E-state index contributed by atoms with van der Waals surface area (Å²) < 4.78 is 6.40. The van der Waals surface area contributed by atoms with Gasteiger partial charge in [0.1, 0.15) is 11.2 Å². The number of rotatable bonds is 4. The number of anilines is 3. The zero-order chi connectivity index (χ0) is 31.6. The smallest absolute Gasteiger partial charge is 0.136 e. The van der Waals surface area contributed by atoms with Gasteiger partial charge in [0.25, 0.3) is 0 Å². The van der Waals surface area contributed by atoms with E-state index in [-0.39, 0.29) is 0 Å². The van der Waals surface area contributed by atoms with Crippen LogP contribution in [0.3, 0.4) is 0 Å². The second kappa shape index (κ2) is 10.9. The molecular formula is C46H33NO. The van der Waals surface area contributed by atoms with Crippen molar-refractivity contribution in [2.45, 2.75) is 25.7 Å². The maximum atomic E-state index is 6.40. The molecule has 1 aromatic heterocycles. The molecule has 0 fully saturated rings. The van der Waals surface area contributed by atoms with Crippen LogP contribution in [0.1, 0.15) is 35.1 Å². The van der Waals surface area contributed by atoms with Crippen LogP contribution < -0.4 is 4.90 Å². The minimum atomic E-state index is 0.930. The normalized spacial score (nSPS) is 13.8. The fourth-order valence-electron chi connectivity index (χ4n) is 7.91. The van der Waals surface area contributed by atoms with Crippen molar-refractivity contribution in [2.75, 3.05) is 4.90 Å². The monoisotopic (exact) mass is 615 g/mol. The van der Waals surface area contributed by atoms with E-state index in [4.69, 9.17) is 4.42 Å². The van der Waals surface area contributed by atoms with Gasteiger partial charge in [0.2, 0.25) is 0 Å². The summed E-state index contributed by atoms with van der Waals surface area (Å²) in [6, 6.07) is 47.1. The predicted molar refractivity (Wildman–Crippen MR) is 204 cm³/mol. The van der Waals surface area contributed by atoms with Crippen LogP contribution in [0.4, 0.5) is 17.1 Å². The number of nitrogens with zero attached hydrogens (tertiary/aromatic N) is 1. The first-order valence-corrected chi connectivity index (χ1v) is 17.0. The Balaban J connectivity index is 1.17. The summed E-state index contributed by atoms with van der Waals surface area (Å²) in [6.07, 6.45) is 13.3. The Labute approximate surface area is 279 Å². The maximum Gasteiger partial charge on any atom is 0.136 e. The van der Waals surface area contributed by atoms with Crippen molar-refractivity contribution in [1.82, 2.24) is 0 Å². The largest absolute Gasteiger partial charge is 0.456 e. The summed E-state index contributed by atoms with van der Waals surface area (Å²) in [7, 11) is 0. The molecule has 2 aliphatic rings. The Morgan fingerprint density at radius 2 is 1.21 bits per heavy atom. The SMILES string of the molecule is C1=Cc2ccc(N(c3ccc4c(ccc5ccccc54)c3)c3ccccc3-c3ccc4oc5cc6c(cc5c4c3)CCC=C6)cc2CC1. The number of allylic oxidation sites excluding steroid dienone is 2. The predicted octanol–water partition coefficient (Wildman–Crippen LogP) is 12.9. The van der Waals surface area contributed by atoms with Gasteiger partial charge in [0, 0.05) is 27.7 Å². The zero-order valence-electron chi connectivity index (χ0n) is 26.6. The highest BCUT2D eigenvalue weighted by atomic mass is 16.3. The fraction of sp³-hybridized carbons (Fsp3) is 0.0870. The number of benzene rings is 7. The lowest BCUT2D eigenvalue weighted by Gasteiger charge is -2.29. The van der Waals surface area contributed by atoms with Crippen LogP contribution in [0.5, 0.6) is 0 Å². The molecule has 0 bridgehead atoms. The Morgan fingerprint density at radius 1 is 0.479 bits per heavy atom. The molecule has 2 nitrogen and oxygen atoms in total. The number of para-hydroxylation sites is 1. The molecule has 0 spiro atoms. The molecule has 0 saturated heterocycles. The van der Waals surface area contributed by atoms with E-state index >= 15 is 0 Å². The summed E-state index contributed by atoms with van der Waals surface area (Å²) in [5, 5.41) is 7.42. The van der Waals surface area contributed by atoms with Gasteiger partial charge < -0.3 is 9.32 Å². The summed E-state index contributed by atoms with van der Waals surface area (Å²) in [5.41, 5.74) is 13.1. The molecule has 0 radical (unpaired) electrons. The average molecular weight is 616 g/mol. The molecule has 2 heteroatoms. The first kappa shape index (κ1) is 27.3. The highest BCUT2D eigenvalue weighted by molar-refractivity contribution is 6.10. The quantitative estimate of drug-likeness (QED) is 0.183. The summed E-state index contributed by atoms with van der Waals surface area (Å²) in [6.45, 7) is 0. The van der Waals surface area contributed by atoms with Crippen molar-refractivity contribution < 1.29 is 4.42 Å². The molecular weight excluding hydrogens is 583 g/mol. The van der Waals surface area contributed by atoms with Gasteiger partial charge in [0.15, 0.2) is 0 Å². The van der Waals surface area contributed by atoms with E-state index in [0.717, 1.165) is 48.2 Å². The van der Waals surface area contributed by atoms with E-state index in [2.05, 4.69) is 157 Å². The van der Waals surface area contributed by atoms with Crippen molar-refractivity contribution in [1.29, 1.82) is 0 Å². The molecule has 1 heterocycles. The van der Waals surface area contributed by atoms with Crippen LogP contribution in [0.2, 0.25) is 0 Å². The van der Waals surface area contributed by atoms with E-state index in [1.807, 2.05) is 0 Å². The summed E-state index contributed by atoms with van der Waals surface area (Å²) in [5.74, 6) is 0. The maximum absolute atomic E-state index is 6.40. The minimum absolute atomic E-state index is 0.930. The van der Waals surface area contributed by atoms with Gasteiger partial charge >= 0.3 is 0 Å². The van der Waals surface area contributed by atoms with Gasteiger partial charge in [-0.25, -0.2) is 0 Å². The molecule has 2 aliphatic carbocycles. The third kappa shape index (κ3) is 4.41. The van der Waals surface area contributed by atoms with Crippen molar-refractivity contribution in [2.24, 2.45) is 0 Å². The lowest BCUT2D eigenvalue weighted by atomic mass is 9.94. The molecule has 7 aromatic carbocycles. The van der Waals surface area contributed by atoms with E-state index < -0.39 is 0 Å². The third-order valence-corrected chi connectivity index (χ3v) is 10.3. The van der Waals surface area contributed by atoms with Crippen LogP contribution in [-0.4, -0.2) is 0 Å². The number of hydrogen-bond acceptors (Lipinski definition) is 2. The van der Waals surface area contributed by atoms with Crippen molar-refractivity contribution in [3.63, 3.8) is 0 Å². The Morgan fingerprint density at radius 3 is 2.15 bits per heavy atom. The summed E-state index contributed by atoms with van der Waals surface area (Å²) in [4.78, 5) is 2.45. The molecule has 48 heavy (non-hydrogen) atoms. The fourth-order valence-corrected chi connectivity index (χ4v) is 7.91. The Kier molecular flexibility index (Phi) is 6.17. The lowest BCUT2D eigenvalue weighted by molar-refractivity contribution is 0.668. The first-order valence-electron chi connectivity index (χ1n) is 17.0. The topological polar surface area (TPSA) is 16.4 Å². The van der Waals surface area contributed by atoms with Crippen LogP contribution >= 0.6 is 0 Å². The molecule has 0 amide bonds. The molecule has 0 unspecified atom stereocenters. The second-order valence-electron chi connectivity index (χ2n) is 13.2. The third-order valence-electron chi connectivity index (χ3n) is 10.3. The van der Waals surface area contributed by atoms with Crippen LogP contribution in [0.15, 0.2) is 144 Å². The second-order valence-corrected chi connectivity index (χ2v) is 13.2. The number of hydrogen-bond donors (Lipinski definition) is 0. The van der Waals surface area contributed by atoms with Crippen LogP contribution in [0.25, 0.3) is 66.8 Å². The van der Waals surface area contributed by atoms with Gasteiger partial charge in [-0.1, -0.05) is 97.1 Å². The first-order chi connectivity index (χ1) is 23.8. The minimum Gasteiger partial charge on any atom is -0.456 e. The average Bonchev–Trinajstić information content (AvgIpc) is 3.50. The van der Waals surface area contributed by atoms with Crippen molar-refractivity contribution >= 4 is 72.7 Å². The highest BCUT2D eigenvalue weighted by Gasteiger charge is 2.20. The number of furan rings is 1. The van der Waals surface area contributed by atoms with Crippen LogP contribution in [-0.2, 0) is 12.8 Å². The van der Waals surface area contributed by atoms with Gasteiger partial charge in [-0.3, -0.25) is 0 Å². The summed E-state index contributed by atoms with van der Waals surface area (Å²) >= 11 is 0. The Bertz CT molecular complexity index is 2630. The lowest BCUT2D eigenvalue weighted by Crippen LogP contribution is -2.12. The number of aryl methyl sites for hydroxylation is 2. The molecule has 0 atom stereocenters. The standard InChI is InChI=1S/C46H33NO/c1-2-11-32-25-37(21-19-30(32)9-1)47(38-22-23-40-35(26-38)18-17-31-10-5-6-14-39(31)40)44-16-8-7-15-41(44)36-20-24-45-42(28-36)43-27-33-12-3-4-13-34(33)29-46(43)48-45/h1,4-10,13-29H,2-3,11-12H2. The number of fused-ring (bicyclic) bond motifs is 8. The van der Waals surface area contributed by atoms with E-state index in [1.54, 1.807) is 0 Å². The van der Waals surface area contributed by atoms with E-state index in [1.165, 1.54) is 71.4 Å². The molecule has 8 aromatic rings. The molecule has 0 N–H and O–H groups in total. The van der Waals surface area contributed by atoms with Crippen molar-refractivity contribution in [3.8, 4) is 11.1 Å². The van der Waals surface area contributed by atoms with E-state index in [9.17, 15) is 0 Å². The van der Waals surface area contributed by atoms with Gasteiger partial charge in [-0.2, -0.15) is 0 Å². The molecule has 10 rings (SSSR count). The van der Waals surface area contributed by atoms with Gasteiger partial charge in [-0.15, -0.1) is 0 Å². The van der Waals surface area contributed by atoms with Gasteiger partial charge in [-0.05, 0) is 130 Å². The molecule has 0 aliphatic heterocycles. The van der Waals surface area contributed by atoms with Gasteiger partial charge in [0.05, 0.1) is 5.69 Å². The molecule has 228 valence electrons. The Hall–Kier alpha value is -5.86. The van der Waals surface area contributed by atoms with Crippen molar-refractivity contribution in [3.05, 3.63) is 162 Å². The zero-order valence-corrected chi connectivity index (χ0v) is 26.6. The molecule has 0 saturated carbocycles. The van der Waals surface area contributed by atoms with Crippen LogP contribution in [0, 0.1) is 0 Å². The van der Waals surface area contributed by atoms with E-state index in [0.29, 0.717) is 0 Å².